The van der Waals surface area contributed by atoms with Gasteiger partial charge in [0.1, 0.15) is 6.29 Å². The van der Waals surface area contributed by atoms with Crippen molar-refractivity contribution in [1.82, 2.24) is 0 Å². The molecule has 0 unspecified atom stereocenters. The van der Waals surface area contributed by atoms with Crippen molar-refractivity contribution in [2.75, 3.05) is 0 Å². The molecule has 0 saturated carbocycles. The first-order chi connectivity index (χ1) is 4.74. The molecule has 0 aromatic rings. The highest BCUT2D eigenvalue weighted by atomic mass is 16.1. The Kier molecular flexibility index (Phi) is 2.25. The van der Waals surface area contributed by atoms with Gasteiger partial charge in [-0.2, -0.15) is 0 Å². The Bertz CT molecular complexity index is 158. The van der Waals surface area contributed by atoms with Crippen LogP contribution >= 0.6 is 0 Å². The predicted molar refractivity (Wildman–Crippen MR) is 41.7 cm³/mol. The summed E-state index contributed by atoms with van der Waals surface area (Å²) in [6.45, 7) is 4.25. The van der Waals surface area contributed by atoms with Crippen molar-refractivity contribution < 1.29 is 4.79 Å². The smallest absolute Gasteiger partial charge is 0.123 e. The van der Waals surface area contributed by atoms with E-state index in [1.54, 1.807) is 0 Å². The molecule has 0 N–H and O–H groups in total. The van der Waals surface area contributed by atoms with Gasteiger partial charge < -0.3 is 4.79 Å². The average Bonchev–Trinajstić information content (AvgIpc) is 1.88. The second-order valence-electron chi connectivity index (χ2n) is 3.21. The summed E-state index contributed by atoms with van der Waals surface area (Å²) in [6, 6.07) is 0. The van der Waals surface area contributed by atoms with Crippen LogP contribution in [0.25, 0.3) is 0 Å². The maximum absolute atomic E-state index is 10.4. The fourth-order valence-corrected chi connectivity index (χ4v) is 1.50. The Hall–Kier alpha value is -0.590. The molecule has 0 bridgehead atoms. The van der Waals surface area contributed by atoms with Crippen LogP contribution in [0.3, 0.4) is 0 Å². The summed E-state index contributed by atoms with van der Waals surface area (Å²) >= 11 is 0. The van der Waals surface area contributed by atoms with Crippen LogP contribution < -0.4 is 0 Å². The third kappa shape index (κ3) is 1.47. The molecule has 1 aliphatic carbocycles. The van der Waals surface area contributed by atoms with Crippen LogP contribution in [-0.2, 0) is 4.79 Å². The standard InChI is InChI=1S/C9H14O/c1-7-3-4-9(6-10)8(2)5-7/h5-6,8-9H,3-4H2,1-2H3/t8-,9+/m0/s1. The van der Waals surface area contributed by atoms with Crippen molar-refractivity contribution in [2.24, 2.45) is 11.8 Å². The molecule has 56 valence electrons. The van der Waals surface area contributed by atoms with E-state index in [0.717, 1.165) is 19.1 Å². The summed E-state index contributed by atoms with van der Waals surface area (Å²) in [7, 11) is 0. The summed E-state index contributed by atoms with van der Waals surface area (Å²) in [5.74, 6) is 0.745. The number of hydrogen-bond donors (Lipinski definition) is 0. The van der Waals surface area contributed by atoms with E-state index in [4.69, 9.17) is 0 Å². The molecule has 0 radical (unpaired) electrons. The Balaban J connectivity index is 2.63. The SMILES string of the molecule is CC1=C[C@H](C)[C@@H](C=O)CC1. The normalized spacial score (nSPS) is 33.2. The number of aldehydes is 1. The van der Waals surface area contributed by atoms with Crippen molar-refractivity contribution in [1.29, 1.82) is 0 Å². The van der Waals surface area contributed by atoms with E-state index in [9.17, 15) is 4.79 Å². The summed E-state index contributed by atoms with van der Waals surface area (Å²) in [5, 5.41) is 0. The van der Waals surface area contributed by atoms with Crippen molar-refractivity contribution in [3.63, 3.8) is 0 Å². The Morgan fingerprint density at radius 1 is 1.70 bits per heavy atom. The summed E-state index contributed by atoms with van der Waals surface area (Å²) < 4.78 is 0. The zero-order chi connectivity index (χ0) is 7.56. The Morgan fingerprint density at radius 3 is 2.90 bits per heavy atom. The molecular formula is C9H14O. The van der Waals surface area contributed by atoms with Crippen molar-refractivity contribution in [2.45, 2.75) is 26.7 Å². The Labute approximate surface area is 62.1 Å². The van der Waals surface area contributed by atoms with Gasteiger partial charge in [-0.1, -0.05) is 18.6 Å². The lowest BCUT2D eigenvalue weighted by Gasteiger charge is -2.21. The topological polar surface area (TPSA) is 17.1 Å². The molecule has 0 aromatic carbocycles. The monoisotopic (exact) mass is 138 g/mol. The van der Waals surface area contributed by atoms with Gasteiger partial charge in [-0.15, -0.1) is 0 Å². The molecule has 1 aliphatic rings. The first-order valence-corrected chi connectivity index (χ1v) is 3.86. The van der Waals surface area contributed by atoms with Crippen LogP contribution in [0.15, 0.2) is 11.6 Å². The van der Waals surface area contributed by atoms with Crippen molar-refractivity contribution in [3.05, 3.63) is 11.6 Å². The second-order valence-corrected chi connectivity index (χ2v) is 3.21. The Morgan fingerprint density at radius 2 is 2.40 bits per heavy atom. The fraction of sp³-hybridized carbons (Fsp3) is 0.667. The maximum atomic E-state index is 10.4. The minimum Gasteiger partial charge on any atom is -0.303 e. The molecule has 1 rings (SSSR count). The van der Waals surface area contributed by atoms with Gasteiger partial charge in [0, 0.05) is 5.92 Å². The quantitative estimate of drug-likeness (QED) is 0.401. The molecule has 0 spiro atoms. The first-order valence-electron chi connectivity index (χ1n) is 3.86. The van der Waals surface area contributed by atoms with Gasteiger partial charge >= 0.3 is 0 Å². The number of hydrogen-bond acceptors (Lipinski definition) is 1. The second kappa shape index (κ2) is 3.00. The molecule has 2 atom stereocenters. The molecule has 0 aromatic heterocycles. The van der Waals surface area contributed by atoms with Crippen LogP contribution in [0, 0.1) is 11.8 Å². The zero-order valence-electron chi connectivity index (χ0n) is 6.63. The van der Waals surface area contributed by atoms with Crippen LogP contribution in [0.1, 0.15) is 26.7 Å². The fourth-order valence-electron chi connectivity index (χ4n) is 1.50. The minimum atomic E-state index is 0.281. The lowest BCUT2D eigenvalue weighted by atomic mass is 9.83. The number of carbonyl (C=O) groups excluding carboxylic acids is 1. The van der Waals surface area contributed by atoms with Crippen LogP contribution in [0.2, 0.25) is 0 Å². The minimum absolute atomic E-state index is 0.281. The largest absolute Gasteiger partial charge is 0.303 e. The third-order valence-corrected chi connectivity index (χ3v) is 2.27. The molecule has 0 amide bonds. The number of allylic oxidation sites excluding steroid dienone is 2. The molecule has 0 saturated heterocycles. The van der Waals surface area contributed by atoms with Gasteiger partial charge in [0.05, 0.1) is 0 Å². The van der Waals surface area contributed by atoms with E-state index in [2.05, 4.69) is 19.9 Å². The van der Waals surface area contributed by atoms with Crippen molar-refractivity contribution >= 4 is 6.29 Å². The maximum Gasteiger partial charge on any atom is 0.123 e. The third-order valence-electron chi connectivity index (χ3n) is 2.27. The zero-order valence-corrected chi connectivity index (χ0v) is 6.63. The number of rotatable bonds is 1. The van der Waals surface area contributed by atoms with E-state index < -0.39 is 0 Å². The molecule has 0 aliphatic heterocycles. The van der Waals surface area contributed by atoms with Crippen LogP contribution in [0.5, 0.6) is 0 Å². The van der Waals surface area contributed by atoms with E-state index in [1.807, 2.05) is 0 Å². The molecular weight excluding hydrogens is 124 g/mol. The van der Waals surface area contributed by atoms with Gasteiger partial charge in [0.25, 0.3) is 0 Å². The van der Waals surface area contributed by atoms with E-state index >= 15 is 0 Å². The average molecular weight is 138 g/mol. The molecule has 1 heteroatoms. The van der Waals surface area contributed by atoms with Gasteiger partial charge in [-0.25, -0.2) is 0 Å². The molecule has 0 heterocycles. The van der Waals surface area contributed by atoms with Gasteiger partial charge in [-0.3, -0.25) is 0 Å². The molecule has 1 nitrogen and oxygen atoms in total. The van der Waals surface area contributed by atoms with Crippen LogP contribution in [0.4, 0.5) is 0 Å². The first kappa shape index (κ1) is 7.52. The summed E-state index contributed by atoms with van der Waals surface area (Å²) in [6.07, 6.45) is 5.46. The van der Waals surface area contributed by atoms with Crippen LogP contribution in [-0.4, -0.2) is 6.29 Å². The summed E-state index contributed by atoms with van der Waals surface area (Å²) in [5.41, 5.74) is 1.44. The van der Waals surface area contributed by atoms with E-state index in [1.165, 1.54) is 5.57 Å². The van der Waals surface area contributed by atoms with E-state index in [0.29, 0.717) is 5.92 Å². The van der Waals surface area contributed by atoms with Gasteiger partial charge in [0.2, 0.25) is 0 Å². The van der Waals surface area contributed by atoms with E-state index in [-0.39, 0.29) is 5.92 Å². The lowest BCUT2D eigenvalue weighted by molar-refractivity contribution is -0.112. The summed E-state index contributed by atoms with van der Waals surface area (Å²) in [4.78, 5) is 10.4. The van der Waals surface area contributed by atoms with Crippen molar-refractivity contribution in [3.8, 4) is 0 Å². The molecule has 0 fully saturated rings. The van der Waals surface area contributed by atoms with Gasteiger partial charge in [0.15, 0.2) is 0 Å². The lowest BCUT2D eigenvalue weighted by Crippen LogP contribution is -2.15. The van der Waals surface area contributed by atoms with Gasteiger partial charge in [-0.05, 0) is 25.7 Å². The highest BCUT2D eigenvalue weighted by molar-refractivity contribution is 5.55. The predicted octanol–water partition coefficient (Wildman–Crippen LogP) is 2.18. The molecule has 10 heavy (non-hydrogen) atoms. The highest BCUT2D eigenvalue weighted by Crippen LogP contribution is 2.26. The highest BCUT2D eigenvalue weighted by Gasteiger charge is 2.18. The number of carbonyl (C=O) groups is 1.